The SMILES string of the molecule is CC1=C(C(=O)OC2CC3CCC2(C)C3(C)C)C(c2cccnc2)C(C(=O)OC2CC3CCC2(C)C3(C)C)=C(C)N1. The van der Waals surface area contributed by atoms with Gasteiger partial charge in [-0.2, -0.15) is 0 Å². The molecule has 0 spiro atoms. The highest BCUT2D eigenvalue weighted by molar-refractivity contribution is 6.00. The van der Waals surface area contributed by atoms with Gasteiger partial charge in [-0.1, -0.05) is 47.6 Å². The standard InChI is InChI=1S/C34H46N2O4/c1-19-26(29(37)39-24-16-22-11-13-33(24,7)31(22,3)4)28(21-10-9-15-35-18-21)27(20(2)36-19)30(38)40-25-17-23-12-14-34(25,8)32(23,5)6/h9-10,15,18,22-25,28,36H,11-14,16-17H2,1-8H3. The molecule has 1 aromatic rings. The van der Waals surface area contributed by atoms with Crippen molar-refractivity contribution in [2.24, 2.45) is 33.5 Å². The van der Waals surface area contributed by atoms with Gasteiger partial charge < -0.3 is 14.8 Å². The number of esters is 2. The highest BCUT2D eigenvalue weighted by Gasteiger charge is 2.64. The van der Waals surface area contributed by atoms with Gasteiger partial charge >= 0.3 is 11.9 Å². The van der Waals surface area contributed by atoms with Crippen LogP contribution in [-0.2, 0) is 19.1 Å². The van der Waals surface area contributed by atoms with Crippen molar-refractivity contribution in [2.45, 2.75) is 112 Å². The molecule has 6 rings (SSSR count). The summed E-state index contributed by atoms with van der Waals surface area (Å²) in [6.07, 6.45) is 9.50. The van der Waals surface area contributed by atoms with Crippen LogP contribution in [0.25, 0.3) is 0 Å². The van der Waals surface area contributed by atoms with Crippen molar-refractivity contribution in [3.05, 3.63) is 52.6 Å². The van der Waals surface area contributed by atoms with E-state index in [1.807, 2.05) is 26.0 Å². The van der Waals surface area contributed by atoms with E-state index < -0.39 is 5.92 Å². The van der Waals surface area contributed by atoms with Gasteiger partial charge in [-0.05, 0) is 86.7 Å². The molecular formula is C34H46N2O4. The van der Waals surface area contributed by atoms with Gasteiger partial charge in [-0.3, -0.25) is 4.98 Å². The predicted octanol–water partition coefficient (Wildman–Crippen LogP) is 6.83. The molecule has 40 heavy (non-hydrogen) atoms. The molecule has 6 heteroatoms. The Bertz CT molecular complexity index is 1230. The van der Waals surface area contributed by atoms with Crippen LogP contribution >= 0.6 is 0 Å². The van der Waals surface area contributed by atoms with Crippen LogP contribution in [-0.4, -0.2) is 29.1 Å². The van der Waals surface area contributed by atoms with E-state index in [-0.39, 0.29) is 45.8 Å². The highest BCUT2D eigenvalue weighted by atomic mass is 16.6. The summed E-state index contributed by atoms with van der Waals surface area (Å²) in [6, 6.07) is 3.79. The molecule has 0 radical (unpaired) electrons. The molecule has 1 aliphatic heterocycles. The molecule has 6 unspecified atom stereocenters. The summed E-state index contributed by atoms with van der Waals surface area (Å²) in [5.74, 6) is -0.180. The molecule has 4 aliphatic carbocycles. The number of allylic oxidation sites excluding steroid dienone is 2. The second-order valence-corrected chi connectivity index (χ2v) is 14.9. The van der Waals surface area contributed by atoms with E-state index in [0.29, 0.717) is 34.4 Å². The lowest BCUT2D eigenvalue weighted by Gasteiger charge is -2.40. The number of carbonyl (C=O) groups is 2. The minimum absolute atomic E-state index is 0.0504. The lowest BCUT2D eigenvalue weighted by atomic mass is 9.70. The smallest absolute Gasteiger partial charge is 0.337 e. The van der Waals surface area contributed by atoms with E-state index in [1.165, 1.54) is 12.8 Å². The molecule has 216 valence electrons. The zero-order chi connectivity index (χ0) is 28.8. The van der Waals surface area contributed by atoms with Crippen molar-refractivity contribution in [1.29, 1.82) is 0 Å². The second-order valence-electron chi connectivity index (χ2n) is 14.9. The number of hydrogen-bond acceptors (Lipinski definition) is 6. The molecule has 1 aromatic heterocycles. The van der Waals surface area contributed by atoms with Gasteiger partial charge in [0.1, 0.15) is 12.2 Å². The normalized spacial score (nSPS) is 39.0. The number of aromatic nitrogens is 1. The Balaban J connectivity index is 1.32. The van der Waals surface area contributed by atoms with Crippen LogP contribution in [0, 0.1) is 33.5 Å². The Morgan fingerprint density at radius 3 is 1.65 bits per heavy atom. The van der Waals surface area contributed by atoms with Crippen LogP contribution in [0.3, 0.4) is 0 Å². The minimum atomic E-state index is -0.603. The fourth-order valence-corrected chi connectivity index (χ4v) is 9.42. The van der Waals surface area contributed by atoms with E-state index >= 15 is 0 Å². The topological polar surface area (TPSA) is 77.5 Å². The first-order valence-corrected chi connectivity index (χ1v) is 15.2. The van der Waals surface area contributed by atoms with Gasteiger partial charge in [-0.25, -0.2) is 9.59 Å². The first-order valence-electron chi connectivity index (χ1n) is 15.2. The van der Waals surface area contributed by atoms with Crippen molar-refractivity contribution in [3.8, 4) is 0 Å². The maximum Gasteiger partial charge on any atom is 0.337 e. The summed E-state index contributed by atoms with van der Waals surface area (Å²) in [6.45, 7) is 17.6. The number of hydrogen-bond donors (Lipinski definition) is 1. The predicted molar refractivity (Wildman–Crippen MR) is 154 cm³/mol. The van der Waals surface area contributed by atoms with Crippen LogP contribution in [0.4, 0.5) is 0 Å². The number of nitrogens with one attached hydrogen (secondary N) is 1. The largest absolute Gasteiger partial charge is 0.458 e. The maximum absolute atomic E-state index is 14.1. The van der Waals surface area contributed by atoms with Gasteiger partial charge in [0.05, 0.1) is 17.1 Å². The molecular weight excluding hydrogens is 500 g/mol. The van der Waals surface area contributed by atoms with Crippen molar-refractivity contribution in [1.82, 2.24) is 10.3 Å². The van der Waals surface area contributed by atoms with Gasteiger partial charge in [0, 0.05) is 34.6 Å². The van der Waals surface area contributed by atoms with Crippen LogP contribution < -0.4 is 5.32 Å². The third kappa shape index (κ3) is 3.62. The molecule has 6 atom stereocenters. The average molecular weight is 547 g/mol. The summed E-state index contributed by atoms with van der Waals surface area (Å²) in [5.41, 5.74) is 3.35. The van der Waals surface area contributed by atoms with Crippen molar-refractivity contribution >= 4 is 11.9 Å². The summed E-state index contributed by atoms with van der Waals surface area (Å²) in [7, 11) is 0. The molecule has 0 saturated heterocycles. The van der Waals surface area contributed by atoms with E-state index in [9.17, 15) is 9.59 Å². The quantitative estimate of drug-likeness (QED) is 0.408. The lowest BCUT2D eigenvalue weighted by molar-refractivity contribution is -0.153. The molecule has 6 nitrogen and oxygen atoms in total. The second kappa shape index (κ2) is 8.93. The first kappa shape index (κ1) is 27.5. The fourth-order valence-electron chi connectivity index (χ4n) is 9.42. The van der Waals surface area contributed by atoms with E-state index in [2.05, 4.69) is 51.8 Å². The number of nitrogens with zero attached hydrogens (tertiary/aromatic N) is 1. The Morgan fingerprint density at radius 1 is 0.825 bits per heavy atom. The highest BCUT2D eigenvalue weighted by Crippen LogP contribution is 2.67. The molecule has 2 heterocycles. The molecule has 4 saturated carbocycles. The molecule has 4 bridgehead atoms. The Morgan fingerprint density at radius 2 is 1.30 bits per heavy atom. The molecule has 4 fully saturated rings. The zero-order valence-electron chi connectivity index (χ0n) is 25.5. The van der Waals surface area contributed by atoms with Gasteiger partial charge in [0.15, 0.2) is 0 Å². The summed E-state index contributed by atoms with van der Waals surface area (Å²) in [4.78, 5) is 32.6. The third-order valence-electron chi connectivity index (χ3n) is 13.1. The molecule has 0 amide bonds. The first-order chi connectivity index (χ1) is 18.7. The fraction of sp³-hybridized carbons (Fsp3) is 0.676. The van der Waals surface area contributed by atoms with Gasteiger partial charge in [-0.15, -0.1) is 0 Å². The van der Waals surface area contributed by atoms with Crippen LogP contribution in [0.2, 0.25) is 0 Å². The third-order valence-corrected chi connectivity index (χ3v) is 13.1. The number of rotatable bonds is 5. The number of fused-ring (bicyclic) bond motifs is 4. The summed E-state index contributed by atoms with van der Waals surface area (Å²) in [5, 5.41) is 3.35. The number of pyridine rings is 1. The maximum atomic E-state index is 14.1. The molecule has 5 aliphatic rings. The monoisotopic (exact) mass is 546 g/mol. The number of carbonyl (C=O) groups excluding carboxylic acids is 2. The Hall–Kier alpha value is -2.63. The molecule has 0 aromatic carbocycles. The van der Waals surface area contributed by atoms with E-state index in [1.54, 1.807) is 12.4 Å². The van der Waals surface area contributed by atoms with Crippen molar-refractivity contribution in [3.63, 3.8) is 0 Å². The van der Waals surface area contributed by atoms with E-state index in [4.69, 9.17) is 9.47 Å². The minimum Gasteiger partial charge on any atom is -0.458 e. The van der Waals surface area contributed by atoms with Crippen molar-refractivity contribution in [2.75, 3.05) is 0 Å². The summed E-state index contributed by atoms with van der Waals surface area (Å²) < 4.78 is 12.8. The van der Waals surface area contributed by atoms with Gasteiger partial charge in [0.25, 0.3) is 0 Å². The van der Waals surface area contributed by atoms with Crippen LogP contribution in [0.5, 0.6) is 0 Å². The van der Waals surface area contributed by atoms with Crippen molar-refractivity contribution < 1.29 is 19.1 Å². The van der Waals surface area contributed by atoms with E-state index in [0.717, 1.165) is 31.2 Å². The number of dihydropyridines is 1. The zero-order valence-corrected chi connectivity index (χ0v) is 25.5. The Kier molecular flexibility index (Phi) is 6.15. The average Bonchev–Trinajstić information content (AvgIpc) is 3.41. The lowest BCUT2D eigenvalue weighted by Crippen LogP contribution is -2.41. The van der Waals surface area contributed by atoms with Crippen LogP contribution in [0.15, 0.2) is 47.1 Å². The number of ether oxygens (including phenoxy) is 2. The van der Waals surface area contributed by atoms with Crippen LogP contribution in [0.1, 0.15) is 105 Å². The van der Waals surface area contributed by atoms with Gasteiger partial charge in [0.2, 0.25) is 0 Å². The summed E-state index contributed by atoms with van der Waals surface area (Å²) >= 11 is 0. The molecule has 1 N–H and O–H groups in total. The Labute approximate surface area is 239 Å².